The molecule has 1 fully saturated rings. The Balaban J connectivity index is 1.98. The average molecular weight is 312 g/mol. The number of carbonyl (C=O) groups excluding carboxylic acids is 1. The molecule has 2 amide bonds. The number of amides is 2. The van der Waals surface area contributed by atoms with Crippen molar-refractivity contribution in [1.29, 1.82) is 0 Å². The normalized spacial score (nSPS) is 18.5. The van der Waals surface area contributed by atoms with Crippen molar-refractivity contribution in [3.05, 3.63) is 29.8 Å². The summed E-state index contributed by atoms with van der Waals surface area (Å²) in [7, 11) is -2.28. The first-order valence-corrected chi connectivity index (χ1v) is 8.33. The molecule has 6 nitrogen and oxygen atoms in total. The fourth-order valence-corrected chi connectivity index (χ4v) is 3.14. The fraction of sp³-hybridized carbons (Fsp3) is 0.500. The smallest absolute Gasteiger partial charge is 0.331 e. The summed E-state index contributed by atoms with van der Waals surface area (Å²) in [6.45, 7) is 2.95. The molecule has 21 heavy (non-hydrogen) atoms. The monoisotopic (exact) mass is 312 g/mol. The van der Waals surface area contributed by atoms with E-state index in [0.717, 1.165) is 18.4 Å². The van der Waals surface area contributed by atoms with Gasteiger partial charge in [0.2, 0.25) is 0 Å². The summed E-state index contributed by atoms with van der Waals surface area (Å²) in [6, 6.07) is 5.69. The number of nitrogens with one attached hydrogen (secondary N) is 1. The molecule has 1 unspecified atom stereocenters. The Morgan fingerprint density at radius 1 is 1.38 bits per heavy atom. The molecular formula is C14H20N2O4S. The van der Waals surface area contributed by atoms with Gasteiger partial charge in [-0.3, -0.25) is 0 Å². The fourth-order valence-electron chi connectivity index (χ4n) is 2.15. The van der Waals surface area contributed by atoms with E-state index in [1.807, 2.05) is 6.92 Å². The molecule has 1 N–H and O–H groups in total. The molecule has 1 aromatic carbocycles. The lowest BCUT2D eigenvalue weighted by molar-refractivity contribution is 0.0883. The number of sulfonamides is 1. The highest BCUT2D eigenvalue weighted by Gasteiger charge is 2.23. The van der Waals surface area contributed by atoms with E-state index in [0.29, 0.717) is 13.2 Å². The van der Waals surface area contributed by atoms with Crippen molar-refractivity contribution < 1.29 is 17.9 Å². The minimum atomic E-state index is -3.84. The van der Waals surface area contributed by atoms with Crippen molar-refractivity contribution in [2.24, 2.45) is 0 Å². The lowest BCUT2D eigenvalue weighted by Crippen LogP contribution is -2.43. The molecule has 0 aromatic heterocycles. The van der Waals surface area contributed by atoms with Gasteiger partial charge in [0, 0.05) is 20.2 Å². The molecule has 0 saturated carbocycles. The Labute approximate surface area is 125 Å². The second kappa shape index (κ2) is 6.44. The lowest BCUT2D eigenvalue weighted by atomic mass is 10.2. The molecule has 1 saturated heterocycles. The maximum atomic E-state index is 12.1. The van der Waals surface area contributed by atoms with Gasteiger partial charge in [0.15, 0.2) is 0 Å². The van der Waals surface area contributed by atoms with Gasteiger partial charge in [-0.2, -0.15) is 0 Å². The van der Waals surface area contributed by atoms with Gasteiger partial charge >= 0.3 is 6.03 Å². The zero-order chi connectivity index (χ0) is 15.5. The molecule has 0 aliphatic carbocycles. The Hall–Kier alpha value is -1.60. The number of ether oxygens (including phenoxy) is 1. The van der Waals surface area contributed by atoms with Crippen molar-refractivity contribution >= 4 is 16.1 Å². The number of urea groups is 1. The maximum absolute atomic E-state index is 12.1. The number of hydrogen-bond acceptors (Lipinski definition) is 4. The minimum absolute atomic E-state index is 0.0113. The van der Waals surface area contributed by atoms with Gasteiger partial charge in [-0.25, -0.2) is 17.9 Å². The van der Waals surface area contributed by atoms with Crippen LogP contribution >= 0.6 is 0 Å². The Morgan fingerprint density at radius 3 is 2.62 bits per heavy atom. The standard InChI is InChI=1S/C14H20N2O4S/c1-11-5-7-13(8-6-11)21(18,19)15-14(17)16(2)10-12-4-3-9-20-12/h5-8,12H,3-4,9-10H2,1-2H3,(H,15,17). The average Bonchev–Trinajstić information content (AvgIpc) is 2.91. The second-order valence-corrected chi connectivity index (χ2v) is 6.92. The van der Waals surface area contributed by atoms with Crippen molar-refractivity contribution in [3.8, 4) is 0 Å². The van der Waals surface area contributed by atoms with E-state index < -0.39 is 16.1 Å². The molecule has 1 aromatic rings. The molecule has 2 rings (SSSR count). The molecule has 1 aliphatic rings. The van der Waals surface area contributed by atoms with Gasteiger partial charge in [0.25, 0.3) is 10.0 Å². The van der Waals surface area contributed by atoms with E-state index >= 15 is 0 Å². The van der Waals surface area contributed by atoms with Gasteiger partial charge in [0.05, 0.1) is 11.0 Å². The quantitative estimate of drug-likeness (QED) is 0.914. The van der Waals surface area contributed by atoms with E-state index in [1.54, 1.807) is 19.2 Å². The largest absolute Gasteiger partial charge is 0.376 e. The molecule has 0 radical (unpaired) electrons. The Kier molecular flexibility index (Phi) is 4.84. The van der Waals surface area contributed by atoms with E-state index in [2.05, 4.69) is 4.72 Å². The predicted molar refractivity (Wildman–Crippen MR) is 78.5 cm³/mol. The number of aryl methyl sites for hydroxylation is 1. The zero-order valence-corrected chi connectivity index (χ0v) is 13.0. The van der Waals surface area contributed by atoms with Crippen LogP contribution in [-0.4, -0.2) is 45.7 Å². The van der Waals surface area contributed by atoms with Crippen LogP contribution in [0.4, 0.5) is 4.79 Å². The summed E-state index contributed by atoms with van der Waals surface area (Å²) < 4.78 is 31.7. The number of carbonyl (C=O) groups is 1. The van der Waals surface area contributed by atoms with Crippen LogP contribution < -0.4 is 4.72 Å². The Morgan fingerprint density at radius 2 is 2.05 bits per heavy atom. The van der Waals surface area contributed by atoms with E-state index in [4.69, 9.17) is 4.74 Å². The van der Waals surface area contributed by atoms with Crippen LogP contribution in [0.15, 0.2) is 29.2 Å². The number of hydrogen-bond donors (Lipinski definition) is 1. The van der Waals surface area contributed by atoms with Gasteiger partial charge in [-0.15, -0.1) is 0 Å². The van der Waals surface area contributed by atoms with Crippen molar-refractivity contribution in [2.45, 2.75) is 30.8 Å². The van der Waals surface area contributed by atoms with Crippen molar-refractivity contribution in [3.63, 3.8) is 0 Å². The van der Waals surface area contributed by atoms with Gasteiger partial charge < -0.3 is 9.64 Å². The topological polar surface area (TPSA) is 75.7 Å². The summed E-state index contributed by atoms with van der Waals surface area (Å²) in [4.78, 5) is 13.4. The highest BCUT2D eigenvalue weighted by Crippen LogP contribution is 2.13. The number of likely N-dealkylation sites (N-methyl/N-ethyl adjacent to an activating group) is 1. The maximum Gasteiger partial charge on any atom is 0.331 e. The summed E-state index contributed by atoms with van der Waals surface area (Å²) in [5.74, 6) is 0. The van der Waals surface area contributed by atoms with Gasteiger partial charge in [0.1, 0.15) is 0 Å². The first kappa shape index (κ1) is 15.8. The molecule has 116 valence electrons. The molecule has 1 aliphatic heterocycles. The highest BCUT2D eigenvalue weighted by molar-refractivity contribution is 7.90. The van der Waals surface area contributed by atoms with Crippen LogP contribution in [-0.2, 0) is 14.8 Å². The predicted octanol–water partition coefficient (Wildman–Crippen LogP) is 1.50. The SMILES string of the molecule is Cc1ccc(S(=O)(=O)NC(=O)N(C)CC2CCCO2)cc1. The highest BCUT2D eigenvalue weighted by atomic mass is 32.2. The molecule has 1 heterocycles. The lowest BCUT2D eigenvalue weighted by Gasteiger charge is -2.21. The minimum Gasteiger partial charge on any atom is -0.376 e. The molecule has 1 atom stereocenters. The van der Waals surface area contributed by atoms with Crippen LogP contribution in [0.25, 0.3) is 0 Å². The number of benzene rings is 1. The molecule has 0 bridgehead atoms. The van der Waals surface area contributed by atoms with Gasteiger partial charge in [-0.05, 0) is 31.9 Å². The first-order chi connectivity index (χ1) is 9.88. The third kappa shape index (κ3) is 4.18. The molecule has 7 heteroatoms. The van der Waals surface area contributed by atoms with Crippen LogP contribution in [0.2, 0.25) is 0 Å². The van der Waals surface area contributed by atoms with Crippen LogP contribution in [0, 0.1) is 6.92 Å². The number of rotatable bonds is 4. The summed E-state index contributed by atoms with van der Waals surface area (Å²) in [5.41, 5.74) is 0.954. The second-order valence-electron chi connectivity index (χ2n) is 5.24. The van der Waals surface area contributed by atoms with Crippen molar-refractivity contribution in [1.82, 2.24) is 9.62 Å². The first-order valence-electron chi connectivity index (χ1n) is 6.84. The van der Waals surface area contributed by atoms with E-state index in [-0.39, 0.29) is 11.0 Å². The Bertz CT molecular complexity index is 592. The van der Waals surface area contributed by atoms with Crippen LogP contribution in [0.1, 0.15) is 18.4 Å². The molecule has 0 spiro atoms. The van der Waals surface area contributed by atoms with E-state index in [1.165, 1.54) is 17.0 Å². The van der Waals surface area contributed by atoms with E-state index in [9.17, 15) is 13.2 Å². The van der Waals surface area contributed by atoms with Crippen LogP contribution in [0.5, 0.6) is 0 Å². The third-order valence-corrected chi connectivity index (χ3v) is 4.74. The summed E-state index contributed by atoms with van der Waals surface area (Å²) in [5, 5.41) is 0. The third-order valence-electron chi connectivity index (χ3n) is 3.40. The van der Waals surface area contributed by atoms with Crippen LogP contribution in [0.3, 0.4) is 0 Å². The molecular weight excluding hydrogens is 292 g/mol. The zero-order valence-electron chi connectivity index (χ0n) is 12.2. The van der Waals surface area contributed by atoms with Crippen molar-refractivity contribution in [2.75, 3.05) is 20.2 Å². The summed E-state index contributed by atoms with van der Waals surface area (Å²) >= 11 is 0. The summed E-state index contributed by atoms with van der Waals surface area (Å²) in [6.07, 6.45) is 1.85. The number of nitrogens with zero attached hydrogens (tertiary/aromatic N) is 1. The van der Waals surface area contributed by atoms with Gasteiger partial charge in [-0.1, -0.05) is 17.7 Å².